The fraction of sp³-hybridized carbons (Fsp3) is 0.167. The van der Waals surface area contributed by atoms with Crippen LogP contribution in [0.1, 0.15) is 41.5 Å². The molecule has 6 rings (SSSR count). The molecular formula is C36H31N3O6. The molecule has 1 heterocycles. The number of anilines is 2. The first kappa shape index (κ1) is 29.4. The molecule has 1 aliphatic carbocycles. The Balaban J connectivity index is 1.51. The average Bonchev–Trinajstić information content (AvgIpc) is 3.22. The third kappa shape index (κ3) is 5.80. The van der Waals surface area contributed by atoms with Crippen molar-refractivity contribution in [1.29, 1.82) is 0 Å². The molecule has 1 amide bonds. The van der Waals surface area contributed by atoms with Crippen LogP contribution in [0.25, 0.3) is 6.08 Å². The van der Waals surface area contributed by atoms with E-state index in [4.69, 9.17) is 9.47 Å². The van der Waals surface area contributed by atoms with Crippen LogP contribution in [0, 0.1) is 10.1 Å². The number of Topliss-reactive ketones (excluding diaryl/α,β-unsaturated/α-hetero) is 1. The van der Waals surface area contributed by atoms with E-state index in [1.165, 1.54) is 18.2 Å². The third-order valence-corrected chi connectivity index (χ3v) is 8.22. The van der Waals surface area contributed by atoms with Crippen LogP contribution in [0.5, 0.6) is 11.5 Å². The average molecular weight is 602 g/mol. The summed E-state index contributed by atoms with van der Waals surface area (Å²) in [6.45, 7) is 0. The number of methoxy groups -OCH3 is 2. The Morgan fingerprint density at radius 2 is 1.64 bits per heavy atom. The Morgan fingerprint density at radius 3 is 2.40 bits per heavy atom. The molecule has 0 spiro atoms. The highest BCUT2D eigenvalue weighted by molar-refractivity contribution is 6.10. The zero-order chi connectivity index (χ0) is 31.5. The number of nitro benzene ring substituents is 1. The molecule has 0 saturated carbocycles. The van der Waals surface area contributed by atoms with Gasteiger partial charge < -0.3 is 14.8 Å². The normalized spacial score (nSPS) is 17.6. The maximum absolute atomic E-state index is 14.3. The van der Waals surface area contributed by atoms with E-state index in [0.29, 0.717) is 46.1 Å². The second kappa shape index (κ2) is 12.5. The van der Waals surface area contributed by atoms with E-state index in [9.17, 15) is 19.7 Å². The quantitative estimate of drug-likeness (QED) is 0.135. The van der Waals surface area contributed by atoms with E-state index < -0.39 is 11.0 Å². The number of nitrogens with one attached hydrogen (secondary N) is 1. The number of hydrogen-bond acceptors (Lipinski definition) is 7. The molecule has 4 aromatic rings. The standard InChI is InChI=1S/C36H31N3O6/c1-44-32-17-16-24(22-33(32)45-2)26-20-29-35(31(40)21-26)36(25-11-8-12-27(19-25)39(42)43)38(30-14-7-6-13-28(30)37-29)34(41)18-15-23-9-4-3-5-10-23/h3-19,22,26,36-37H,20-21H2,1-2H3/b18-15+/t26-,36-/m1/s1. The van der Waals surface area contributed by atoms with Crippen molar-refractivity contribution < 1.29 is 24.0 Å². The Labute approximate surface area is 260 Å². The molecule has 0 fully saturated rings. The van der Waals surface area contributed by atoms with Gasteiger partial charge in [0.25, 0.3) is 11.6 Å². The van der Waals surface area contributed by atoms with Crippen LogP contribution in [0.3, 0.4) is 0 Å². The molecule has 0 unspecified atom stereocenters. The van der Waals surface area contributed by atoms with Crippen LogP contribution < -0.4 is 19.7 Å². The molecule has 2 atom stereocenters. The molecular weight excluding hydrogens is 570 g/mol. The number of carbonyl (C=O) groups excluding carboxylic acids is 2. The maximum atomic E-state index is 14.3. The lowest BCUT2D eigenvalue weighted by atomic mass is 9.78. The number of fused-ring (bicyclic) bond motifs is 1. The lowest BCUT2D eigenvalue weighted by Crippen LogP contribution is -2.37. The predicted octanol–water partition coefficient (Wildman–Crippen LogP) is 7.23. The van der Waals surface area contributed by atoms with E-state index in [-0.39, 0.29) is 29.7 Å². The van der Waals surface area contributed by atoms with E-state index in [1.54, 1.807) is 37.3 Å². The van der Waals surface area contributed by atoms with Crippen LogP contribution >= 0.6 is 0 Å². The Bertz CT molecular complexity index is 1850. The highest BCUT2D eigenvalue weighted by Crippen LogP contribution is 2.48. The zero-order valence-electron chi connectivity index (χ0n) is 24.8. The number of nitro groups is 1. The van der Waals surface area contributed by atoms with Crippen molar-refractivity contribution in [1.82, 2.24) is 0 Å². The number of carbonyl (C=O) groups is 2. The summed E-state index contributed by atoms with van der Waals surface area (Å²) in [5, 5.41) is 15.3. The van der Waals surface area contributed by atoms with Gasteiger partial charge in [-0.2, -0.15) is 0 Å². The minimum Gasteiger partial charge on any atom is -0.493 e. The fourth-order valence-electron chi connectivity index (χ4n) is 6.11. The minimum atomic E-state index is -0.914. The van der Waals surface area contributed by atoms with Crippen molar-refractivity contribution in [3.05, 3.63) is 141 Å². The number of ether oxygens (including phenoxy) is 2. The number of amides is 1. The van der Waals surface area contributed by atoms with Crippen molar-refractivity contribution >= 4 is 34.8 Å². The molecule has 0 bridgehead atoms. The highest BCUT2D eigenvalue weighted by Gasteiger charge is 2.41. The minimum absolute atomic E-state index is 0.126. The first-order valence-corrected chi connectivity index (χ1v) is 14.5. The van der Waals surface area contributed by atoms with Gasteiger partial charge in [0.15, 0.2) is 17.3 Å². The Kier molecular flexibility index (Phi) is 8.16. The molecule has 9 heteroatoms. The SMILES string of the molecule is COc1ccc([C@H]2CC(=O)C3=C(C2)Nc2ccccc2N(C(=O)/C=C/c2ccccc2)[C@@H]3c2cccc([N+](=O)[O-])c2)cc1OC. The van der Waals surface area contributed by atoms with Gasteiger partial charge in [0.2, 0.25) is 0 Å². The van der Waals surface area contributed by atoms with Crippen molar-refractivity contribution in [3.63, 3.8) is 0 Å². The topological polar surface area (TPSA) is 111 Å². The Morgan fingerprint density at radius 1 is 0.889 bits per heavy atom. The second-order valence-corrected chi connectivity index (χ2v) is 10.9. The summed E-state index contributed by atoms with van der Waals surface area (Å²) >= 11 is 0. The number of benzene rings is 4. The van der Waals surface area contributed by atoms with Crippen LogP contribution in [-0.4, -0.2) is 30.8 Å². The van der Waals surface area contributed by atoms with Gasteiger partial charge in [0.1, 0.15) is 0 Å². The van der Waals surface area contributed by atoms with Gasteiger partial charge in [0, 0.05) is 35.9 Å². The highest BCUT2D eigenvalue weighted by atomic mass is 16.6. The number of allylic oxidation sites excluding steroid dienone is 1. The number of hydrogen-bond donors (Lipinski definition) is 1. The van der Waals surface area contributed by atoms with E-state index in [1.807, 2.05) is 72.8 Å². The van der Waals surface area contributed by atoms with E-state index in [0.717, 1.165) is 11.1 Å². The third-order valence-electron chi connectivity index (χ3n) is 8.22. The van der Waals surface area contributed by atoms with Gasteiger partial charge in [-0.05, 0) is 59.4 Å². The smallest absolute Gasteiger partial charge is 0.269 e. The predicted molar refractivity (Wildman–Crippen MR) is 172 cm³/mol. The number of rotatable bonds is 7. The zero-order valence-corrected chi connectivity index (χ0v) is 24.8. The summed E-state index contributed by atoms with van der Waals surface area (Å²) in [5.41, 5.74) is 4.38. The van der Waals surface area contributed by atoms with Crippen molar-refractivity contribution in [2.75, 3.05) is 24.4 Å². The van der Waals surface area contributed by atoms with Crippen LogP contribution in [0.15, 0.2) is 114 Å². The van der Waals surface area contributed by atoms with Gasteiger partial charge in [0.05, 0.1) is 36.6 Å². The summed E-state index contributed by atoms with van der Waals surface area (Å²) in [7, 11) is 3.14. The molecule has 2 aliphatic rings. The number of nitrogens with zero attached hydrogens (tertiary/aromatic N) is 2. The van der Waals surface area contributed by atoms with Gasteiger partial charge in [-0.15, -0.1) is 0 Å². The first-order chi connectivity index (χ1) is 21.9. The number of para-hydroxylation sites is 2. The lowest BCUT2D eigenvalue weighted by molar-refractivity contribution is -0.384. The molecule has 0 radical (unpaired) electrons. The van der Waals surface area contributed by atoms with Crippen molar-refractivity contribution in [2.24, 2.45) is 0 Å². The van der Waals surface area contributed by atoms with Crippen molar-refractivity contribution in [3.8, 4) is 11.5 Å². The molecule has 1 aliphatic heterocycles. The summed E-state index contributed by atoms with van der Waals surface area (Å²) in [5.74, 6) is 0.457. The fourth-order valence-corrected chi connectivity index (χ4v) is 6.11. The monoisotopic (exact) mass is 601 g/mol. The second-order valence-electron chi connectivity index (χ2n) is 10.9. The molecule has 0 aromatic heterocycles. The Hall–Kier alpha value is -5.70. The molecule has 1 N–H and O–H groups in total. The molecule has 9 nitrogen and oxygen atoms in total. The molecule has 0 saturated heterocycles. The first-order valence-electron chi connectivity index (χ1n) is 14.5. The van der Waals surface area contributed by atoms with Gasteiger partial charge >= 0.3 is 0 Å². The van der Waals surface area contributed by atoms with Gasteiger partial charge in [-0.25, -0.2) is 0 Å². The number of non-ortho nitro benzene ring substituents is 1. The van der Waals surface area contributed by atoms with Gasteiger partial charge in [-0.3, -0.25) is 24.6 Å². The van der Waals surface area contributed by atoms with Gasteiger partial charge in [-0.1, -0.05) is 60.7 Å². The van der Waals surface area contributed by atoms with Crippen LogP contribution in [0.4, 0.5) is 17.1 Å². The van der Waals surface area contributed by atoms with Crippen LogP contribution in [0.2, 0.25) is 0 Å². The molecule has 226 valence electrons. The largest absolute Gasteiger partial charge is 0.493 e. The summed E-state index contributed by atoms with van der Waals surface area (Å²) in [6, 6.07) is 27.7. The summed E-state index contributed by atoms with van der Waals surface area (Å²) < 4.78 is 10.9. The number of ketones is 1. The van der Waals surface area contributed by atoms with Crippen LogP contribution in [-0.2, 0) is 9.59 Å². The van der Waals surface area contributed by atoms with E-state index in [2.05, 4.69) is 5.32 Å². The molecule has 4 aromatic carbocycles. The van der Waals surface area contributed by atoms with Crippen molar-refractivity contribution in [2.45, 2.75) is 24.8 Å². The molecule has 45 heavy (non-hydrogen) atoms. The summed E-state index contributed by atoms with van der Waals surface area (Å²) in [4.78, 5) is 41.4. The van der Waals surface area contributed by atoms with E-state index >= 15 is 0 Å². The lowest BCUT2D eigenvalue weighted by Gasteiger charge is -2.34. The summed E-state index contributed by atoms with van der Waals surface area (Å²) in [6.07, 6.45) is 3.85. The maximum Gasteiger partial charge on any atom is 0.269 e.